The summed E-state index contributed by atoms with van der Waals surface area (Å²) in [6.45, 7) is 3.32. The Kier molecular flexibility index (Phi) is 6.89. The van der Waals surface area contributed by atoms with Crippen molar-refractivity contribution in [3.8, 4) is 0 Å². The minimum absolute atomic E-state index is 0.00534. The fourth-order valence-corrected chi connectivity index (χ4v) is 9.51. The minimum atomic E-state index is -0.925. The lowest BCUT2D eigenvalue weighted by molar-refractivity contribution is -0.143. The summed E-state index contributed by atoms with van der Waals surface area (Å²) in [6, 6.07) is 16.4. The zero-order valence-corrected chi connectivity index (χ0v) is 24.8. The highest BCUT2D eigenvalue weighted by atomic mass is 32.2. The number of hydrogen-bond donors (Lipinski definition) is 1. The summed E-state index contributed by atoms with van der Waals surface area (Å²) in [5.74, 6) is -1.82. The van der Waals surface area contributed by atoms with Gasteiger partial charge in [0, 0.05) is 36.7 Å². The Hall–Kier alpha value is -3.96. The number of carbonyl (C=O) groups excluding carboxylic acids is 3. The van der Waals surface area contributed by atoms with Gasteiger partial charge in [-0.3, -0.25) is 14.4 Å². The van der Waals surface area contributed by atoms with Crippen LogP contribution in [0.15, 0.2) is 78.9 Å². The number of aromatic nitrogens is 3. The lowest BCUT2D eigenvalue weighted by Gasteiger charge is -2.36. The summed E-state index contributed by atoms with van der Waals surface area (Å²) >= 11 is 1.57. The molecule has 1 spiro atoms. The van der Waals surface area contributed by atoms with Gasteiger partial charge in [0.1, 0.15) is 18.2 Å². The number of likely N-dealkylation sites (tertiary alicyclic amines) is 1. The number of benzene rings is 2. The highest BCUT2D eigenvalue weighted by Gasteiger charge is 2.73. The lowest BCUT2D eigenvalue weighted by atomic mass is 9.74. The Labute approximate surface area is 254 Å². The molecule has 2 aromatic carbocycles. The minimum Gasteiger partial charge on any atom is -0.396 e. The molecule has 10 nitrogen and oxygen atoms in total. The summed E-state index contributed by atoms with van der Waals surface area (Å²) in [6.07, 6.45) is 9.16. The number of hydrogen-bond acceptors (Lipinski definition) is 7. The summed E-state index contributed by atoms with van der Waals surface area (Å²) < 4.78 is 0.102. The Morgan fingerprint density at radius 3 is 2.49 bits per heavy atom. The van der Waals surface area contributed by atoms with Gasteiger partial charge in [0.25, 0.3) is 0 Å². The van der Waals surface area contributed by atoms with Crippen molar-refractivity contribution in [1.29, 1.82) is 0 Å². The van der Waals surface area contributed by atoms with Gasteiger partial charge in [0.05, 0.1) is 22.1 Å². The van der Waals surface area contributed by atoms with E-state index in [0.29, 0.717) is 32.5 Å². The molecular weight excluding hydrogens is 564 g/mol. The van der Waals surface area contributed by atoms with E-state index in [1.807, 2.05) is 79.7 Å². The van der Waals surface area contributed by atoms with E-state index in [2.05, 4.69) is 16.4 Å². The third-order valence-electron chi connectivity index (χ3n) is 9.24. The molecular formula is C32H34N6O4S. The summed E-state index contributed by atoms with van der Waals surface area (Å²) in [5, 5.41) is 18.0. The molecule has 3 aromatic rings. The van der Waals surface area contributed by atoms with Crippen molar-refractivity contribution in [1.82, 2.24) is 24.8 Å². The number of unbranched alkanes of at least 4 members (excludes halogenated alkanes) is 1. The molecule has 7 rings (SSSR count). The first kappa shape index (κ1) is 27.8. The van der Waals surface area contributed by atoms with Crippen molar-refractivity contribution in [3.63, 3.8) is 0 Å². The molecule has 4 aliphatic heterocycles. The van der Waals surface area contributed by atoms with Crippen molar-refractivity contribution in [3.05, 3.63) is 78.9 Å². The van der Waals surface area contributed by atoms with E-state index in [9.17, 15) is 19.5 Å². The van der Waals surface area contributed by atoms with E-state index in [4.69, 9.17) is 0 Å². The average molecular weight is 599 g/mol. The summed E-state index contributed by atoms with van der Waals surface area (Å²) in [7, 11) is 0. The van der Waals surface area contributed by atoms with Crippen LogP contribution >= 0.6 is 11.8 Å². The van der Waals surface area contributed by atoms with Gasteiger partial charge in [0.15, 0.2) is 0 Å². The number of nitrogens with zero attached hydrogens (tertiary/aromatic N) is 6. The highest BCUT2D eigenvalue weighted by Crippen LogP contribution is 2.65. The number of rotatable bonds is 7. The van der Waals surface area contributed by atoms with Crippen LogP contribution in [-0.4, -0.2) is 89.4 Å². The molecule has 0 bridgehead atoms. The summed E-state index contributed by atoms with van der Waals surface area (Å²) in [4.78, 5) is 48.8. The van der Waals surface area contributed by atoms with Crippen molar-refractivity contribution in [2.24, 2.45) is 11.8 Å². The van der Waals surface area contributed by atoms with Crippen molar-refractivity contribution >= 4 is 46.2 Å². The number of aliphatic hydroxyl groups excluding tert-OH is 1. The normalized spacial score (nSPS) is 30.0. The molecule has 0 radical (unpaired) electrons. The van der Waals surface area contributed by atoms with E-state index in [-0.39, 0.29) is 31.0 Å². The average Bonchev–Trinajstić information content (AvgIpc) is 3.54. The van der Waals surface area contributed by atoms with Crippen LogP contribution in [0.2, 0.25) is 0 Å². The summed E-state index contributed by atoms with van der Waals surface area (Å²) in [5.41, 5.74) is 2.35. The second-order valence-electron chi connectivity index (χ2n) is 11.8. The quantitative estimate of drug-likeness (QED) is 0.329. The van der Waals surface area contributed by atoms with Crippen LogP contribution in [0.3, 0.4) is 0 Å². The predicted octanol–water partition coefficient (Wildman–Crippen LogP) is 2.85. The molecule has 2 fully saturated rings. The Morgan fingerprint density at radius 1 is 0.907 bits per heavy atom. The molecule has 1 aromatic heterocycles. The molecule has 4 aliphatic rings. The molecule has 43 heavy (non-hydrogen) atoms. The van der Waals surface area contributed by atoms with Crippen molar-refractivity contribution in [2.75, 3.05) is 31.1 Å². The fourth-order valence-electron chi connectivity index (χ4n) is 7.35. The number of thioether (sulfide) groups is 1. The largest absolute Gasteiger partial charge is 0.396 e. The van der Waals surface area contributed by atoms with Gasteiger partial charge in [-0.2, -0.15) is 0 Å². The molecule has 5 heterocycles. The van der Waals surface area contributed by atoms with E-state index >= 15 is 0 Å². The van der Waals surface area contributed by atoms with E-state index in [0.717, 1.165) is 16.7 Å². The first-order chi connectivity index (χ1) is 20.9. The van der Waals surface area contributed by atoms with Crippen molar-refractivity contribution in [2.45, 2.75) is 42.0 Å². The van der Waals surface area contributed by atoms with Gasteiger partial charge in [0.2, 0.25) is 17.7 Å². The number of amides is 3. The standard InChI is InChI=1S/C32H34N6O4S/c1-31-15-9-19-36(22-11-3-2-4-12-22)28(40)25(31)26-29(41)37(18-7-8-20-39)27-30(42)35(17-10-16-32(26,27)43-31)21-38-24-14-6-5-13-23(24)33-34-38/h2-6,9-16,25-27,39H,7-8,17-21H2,1H3/t25-,26+,27?,31+,32+/m1/s1. The molecule has 1 N–H and O–H groups in total. The molecule has 0 saturated carbocycles. The van der Waals surface area contributed by atoms with Crippen LogP contribution in [0.5, 0.6) is 0 Å². The first-order valence-electron chi connectivity index (χ1n) is 14.8. The maximum atomic E-state index is 14.6. The Morgan fingerprint density at radius 2 is 1.67 bits per heavy atom. The number of para-hydroxylation sites is 2. The monoisotopic (exact) mass is 598 g/mol. The van der Waals surface area contributed by atoms with E-state index < -0.39 is 27.4 Å². The van der Waals surface area contributed by atoms with Crippen LogP contribution in [0.25, 0.3) is 11.0 Å². The SMILES string of the molecule is C[C@]12C=CCN(c3ccccc3)C(=O)[C@H]1[C@H]1C(=O)N(CCCCO)C3C(=O)N(Cn4nnc5ccccc54)CC=C[C@@]31S2. The Bertz CT molecular complexity index is 1640. The molecule has 2 saturated heterocycles. The van der Waals surface area contributed by atoms with Crippen LogP contribution in [0, 0.1) is 11.8 Å². The highest BCUT2D eigenvalue weighted by molar-refractivity contribution is 8.02. The van der Waals surface area contributed by atoms with Crippen LogP contribution in [-0.2, 0) is 21.1 Å². The zero-order valence-electron chi connectivity index (χ0n) is 24.0. The number of anilines is 1. The first-order valence-corrected chi connectivity index (χ1v) is 15.6. The predicted molar refractivity (Wildman–Crippen MR) is 164 cm³/mol. The maximum absolute atomic E-state index is 14.6. The van der Waals surface area contributed by atoms with Gasteiger partial charge in [-0.25, -0.2) is 4.68 Å². The van der Waals surface area contributed by atoms with Crippen LogP contribution in [0.4, 0.5) is 5.69 Å². The van der Waals surface area contributed by atoms with Gasteiger partial charge < -0.3 is 19.8 Å². The van der Waals surface area contributed by atoms with Gasteiger partial charge in [-0.1, -0.05) is 59.8 Å². The van der Waals surface area contributed by atoms with Gasteiger partial charge in [-0.15, -0.1) is 16.9 Å². The second-order valence-corrected chi connectivity index (χ2v) is 13.6. The molecule has 5 atom stereocenters. The van der Waals surface area contributed by atoms with Crippen LogP contribution in [0.1, 0.15) is 19.8 Å². The second kappa shape index (κ2) is 10.6. The fraction of sp³-hybridized carbons (Fsp3) is 0.406. The van der Waals surface area contributed by atoms with Crippen molar-refractivity contribution < 1.29 is 19.5 Å². The molecule has 222 valence electrons. The van der Waals surface area contributed by atoms with Crippen LogP contribution < -0.4 is 4.90 Å². The maximum Gasteiger partial charge on any atom is 0.248 e. The number of fused-ring (bicyclic) bond motifs is 3. The number of aliphatic hydroxyl groups is 1. The lowest BCUT2D eigenvalue weighted by Crippen LogP contribution is -2.53. The molecule has 0 aliphatic carbocycles. The van der Waals surface area contributed by atoms with E-state index in [1.165, 1.54) is 0 Å². The zero-order chi connectivity index (χ0) is 29.8. The molecule has 1 unspecified atom stereocenters. The van der Waals surface area contributed by atoms with E-state index in [1.54, 1.807) is 31.1 Å². The molecule has 3 amide bonds. The van der Waals surface area contributed by atoms with Gasteiger partial charge in [-0.05, 0) is 44.0 Å². The third kappa shape index (κ3) is 4.31. The smallest absolute Gasteiger partial charge is 0.248 e. The number of carbonyl (C=O) groups is 3. The Balaban J connectivity index is 1.29. The van der Waals surface area contributed by atoms with Gasteiger partial charge >= 0.3 is 0 Å². The molecule has 11 heteroatoms. The third-order valence-corrected chi connectivity index (χ3v) is 11.0. The topological polar surface area (TPSA) is 112 Å².